The molecule has 1 N–H and O–H groups in total. The molecule has 3 rings (SSSR count). The van der Waals surface area contributed by atoms with Gasteiger partial charge in [0, 0.05) is 19.1 Å². The molecule has 2 aliphatic rings. The van der Waals surface area contributed by atoms with Crippen LogP contribution in [0.1, 0.15) is 18.4 Å². The number of hydrogen-bond acceptors (Lipinski definition) is 4. The predicted octanol–water partition coefficient (Wildman–Crippen LogP) is 1.41. The quantitative estimate of drug-likeness (QED) is 0.857. The Bertz CT molecular complexity index is 418. The molecule has 1 aromatic rings. The van der Waals surface area contributed by atoms with Gasteiger partial charge < -0.3 is 14.6 Å². The fourth-order valence-corrected chi connectivity index (χ4v) is 2.38. The van der Waals surface area contributed by atoms with E-state index in [0.717, 1.165) is 24.6 Å². The van der Waals surface area contributed by atoms with E-state index in [2.05, 4.69) is 17.0 Å². The van der Waals surface area contributed by atoms with E-state index in [0.29, 0.717) is 19.3 Å². The summed E-state index contributed by atoms with van der Waals surface area (Å²) in [4.78, 5) is 2.34. The van der Waals surface area contributed by atoms with Gasteiger partial charge in [-0.2, -0.15) is 0 Å². The summed E-state index contributed by atoms with van der Waals surface area (Å²) >= 11 is 0. The van der Waals surface area contributed by atoms with Crippen molar-refractivity contribution in [2.24, 2.45) is 0 Å². The average molecular weight is 249 g/mol. The van der Waals surface area contributed by atoms with Crippen LogP contribution in [0.2, 0.25) is 0 Å². The summed E-state index contributed by atoms with van der Waals surface area (Å²) in [5.74, 6) is 1.68. The average Bonchev–Trinajstić information content (AvgIpc) is 3.22. The molecule has 0 radical (unpaired) electrons. The van der Waals surface area contributed by atoms with Gasteiger partial charge in [-0.3, -0.25) is 4.90 Å². The van der Waals surface area contributed by atoms with Gasteiger partial charge in [-0.05, 0) is 30.5 Å². The molecule has 98 valence electrons. The number of hydrogen-bond donors (Lipinski definition) is 1. The van der Waals surface area contributed by atoms with Gasteiger partial charge in [-0.15, -0.1) is 0 Å². The number of aliphatic hydroxyl groups is 1. The molecule has 1 aromatic carbocycles. The molecule has 0 saturated heterocycles. The largest absolute Gasteiger partial charge is 0.486 e. The molecule has 0 unspecified atom stereocenters. The second-order valence-electron chi connectivity index (χ2n) is 4.90. The minimum atomic E-state index is 0.223. The van der Waals surface area contributed by atoms with E-state index in [4.69, 9.17) is 14.6 Å². The second kappa shape index (κ2) is 5.16. The monoisotopic (exact) mass is 249 g/mol. The third-order valence-electron chi connectivity index (χ3n) is 3.44. The third kappa shape index (κ3) is 2.60. The smallest absolute Gasteiger partial charge is 0.161 e. The highest BCUT2D eigenvalue weighted by atomic mass is 16.6. The van der Waals surface area contributed by atoms with Crippen molar-refractivity contribution in [2.75, 3.05) is 26.4 Å². The van der Waals surface area contributed by atoms with Crippen molar-refractivity contribution in [3.63, 3.8) is 0 Å². The molecule has 1 aliphatic carbocycles. The van der Waals surface area contributed by atoms with Crippen LogP contribution in [0.4, 0.5) is 0 Å². The Kier molecular flexibility index (Phi) is 3.39. The lowest BCUT2D eigenvalue weighted by molar-refractivity contribution is 0.169. The van der Waals surface area contributed by atoms with E-state index in [1.165, 1.54) is 18.4 Å². The first-order valence-corrected chi connectivity index (χ1v) is 6.60. The molecule has 0 bridgehead atoms. The molecule has 4 nitrogen and oxygen atoms in total. The van der Waals surface area contributed by atoms with Crippen LogP contribution in [0.15, 0.2) is 18.2 Å². The Balaban J connectivity index is 1.71. The molecule has 0 aromatic heterocycles. The zero-order valence-corrected chi connectivity index (χ0v) is 10.5. The first-order chi connectivity index (χ1) is 8.86. The lowest BCUT2D eigenvalue weighted by Crippen LogP contribution is -2.28. The minimum absolute atomic E-state index is 0.223. The van der Waals surface area contributed by atoms with Crippen molar-refractivity contribution < 1.29 is 14.6 Å². The lowest BCUT2D eigenvalue weighted by atomic mass is 10.1. The van der Waals surface area contributed by atoms with E-state index in [1.54, 1.807) is 0 Å². The Morgan fingerprint density at radius 3 is 2.67 bits per heavy atom. The van der Waals surface area contributed by atoms with E-state index in [-0.39, 0.29) is 6.61 Å². The normalized spacial score (nSPS) is 18.1. The highest BCUT2D eigenvalue weighted by molar-refractivity contribution is 5.43. The van der Waals surface area contributed by atoms with Gasteiger partial charge in [0.25, 0.3) is 0 Å². The van der Waals surface area contributed by atoms with Crippen LogP contribution in [0.3, 0.4) is 0 Å². The fraction of sp³-hybridized carbons (Fsp3) is 0.571. The maximum Gasteiger partial charge on any atom is 0.161 e. The minimum Gasteiger partial charge on any atom is -0.486 e. The first kappa shape index (κ1) is 11.8. The molecular formula is C14H19NO3. The van der Waals surface area contributed by atoms with Gasteiger partial charge in [0.2, 0.25) is 0 Å². The van der Waals surface area contributed by atoms with E-state index in [1.807, 2.05) is 6.07 Å². The zero-order valence-electron chi connectivity index (χ0n) is 10.5. The van der Waals surface area contributed by atoms with Gasteiger partial charge in [0.05, 0.1) is 6.61 Å². The van der Waals surface area contributed by atoms with Crippen molar-refractivity contribution in [3.8, 4) is 11.5 Å². The standard InChI is InChI=1S/C14H19NO3/c16-6-5-15(12-2-3-12)10-11-1-4-13-14(9-11)18-8-7-17-13/h1,4,9,12,16H,2-3,5-8,10H2. The highest BCUT2D eigenvalue weighted by Gasteiger charge is 2.28. The first-order valence-electron chi connectivity index (χ1n) is 6.60. The van der Waals surface area contributed by atoms with E-state index in [9.17, 15) is 0 Å². The summed E-state index contributed by atoms with van der Waals surface area (Å²) in [6.45, 7) is 3.10. The fourth-order valence-electron chi connectivity index (χ4n) is 2.38. The zero-order chi connectivity index (χ0) is 12.4. The molecule has 1 saturated carbocycles. The number of ether oxygens (including phenoxy) is 2. The molecule has 0 spiro atoms. The second-order valence-corrected chi connectivity index (χ2v) is 4.90. The maximum atomic E-state index is 9.10. The van der Waals surface area contributed by atoms with Gasteiger partial charge in [-0.1, -0.05) is 6.07 Å². The molecule has 4 heteroatoms. The number of benzene rings is 1. The van der Waals surface area contributed by atoms with Crippen molar-refractivity contribution in [3.05, 3.63) is 23.8 Å². The molecule has 0 amide bonds. The van der Waals surface area contributed by atoms with Crippen molar-refractivity contribution in [1.82, 2.24) is 4.90 Å². The highest BCUT2D eigenvalue weighted by Crippen LogP contribution is 2.33. The molecule has 1 fully saturated rings. The van der Waals surface area contributed by atoms with Crippen LogP contribution in [-0.4, -0.2) is 42.4 Å². The summed E-state index contributed by atoms with van der Waals surface area (Å²) in [5, 5.41) is 9.10. The van der Waals surface area contributed by atoms with Gasteiger partial charge >= 0.3 is 0 Å². The van der Waals surface area contributed by atoms with Crippen LogP contribution in [0.5, 0.6) is 11.5 Å². The van der Waals surface area contributed by atoms with Crippen LogP contribution in [0, 0.1) is 0 Å². The SMILES string of the molecule is OCCN(Cc1ccc2c(c1)OCCO2)C1CC1. The molecule has 1 heterocycles. The van der Waals surface area contributed by atoms with Crippen LogP contribution in [0.25, 0.3) is 0 Å². The Labute approximate surface area is 107 Å². The van der Waals surface area contributed by atoms with Crippen molar-refractivity contribution in [2.45, 2.75) is 25.4 Å². The summed E-state index contributed by atoms with van der Waals surface area (Å²) in [5.41, 5.74) is 1.22. The molecule has 18 heavy (non-hydrogen) atoms. The third-order valence-corrected chi connectivity index (χ3v) is 3.44. The van der Waals surface area contributed by atoms with Crippen LogP contribution >= 0.6 is 0 Å². The van der Waals surface area contributed by atoms with Crippen LogP contribution < -0.4 is 9.47 Å². The molecular weight excluding hydrogens is 230 g/mol. The van der Waals surface area contributed by atoms with Crippen LogP contribution in [-0.2, 0) is 6.54 Å². The van der Waals surface area contributed by atoms with Gasteiger partial charge in [0.1, 0.15) is 13.2 Å². The number of aliphatic hydroxyl groups excluding tert-OH is 1. The number of rotatable bonds is 5. The molecule has 0 atom stereocenters. The number of fused-ring (bicyclic) bond motifs is 1. The maximum absolute atomic E-state index is 9.10. The summed E-state index contributed by atoms with van der Waals surface area (Å²) in [6, 6.07) is 6.78. The summed E-state index contributed by atoms with van der Waals surface area (Å²) in [7, 11) is 0. The topological polar surface area (TPSA) is 41.9 Å². The number of nitrogens with zero attached hydrogens (tertiary/aromatic N) is 1. The Morgan fingerprint density at radius 1 is 1.17 bits per heavy atom. The van der Waals surface area contributed by atoms with Crippen molar-refractivity contribution in [1.29, 1.82) is 0 Å². The van der Waals surface area contributed by atoms with Gasteiger partial charge in [-0.25, -0.2) is 0 Å². The van der Waals surface area contributed by atoms with Gasteiger partial charge in [0.15, 0.2) is 11.5 Å². The van der Waals surface area contributed by atoms with E-state index < -0.39 is 0 Å². The van der Waals surface area contributed by atoms with E-state index >= 15 is 0 Å². The predicted molar refractivity (Wildman–Crippen MR) is 67.9 cm³/mol. The lowest BCUT2D eigenvalue weighted by Gasteiger charge is -2.23. The Morgan fingerprint density at radius 2 is 1.94 bits per heavy atom. The Hall–Kier alpha value is -1.26. The summed E-state index contributed by atoms with van der Waals surface area (Å²) < 4.78 is 11.1. The molecule has 1 aliphatic heterocycles. The van der Waals surface area contributed by atoms with Crippen molar-refractivity contribution >= 4 is 0 Å². The summed E-state index contributed by atoms with van der Waals surface area (Å²) in [6.07, 6.45) is 2.51.